The highest BCUT2D eigenvalue weighted by atomic mass is 19.1. The Hall–Kier alpha value is -1.25. The molecule has 2 nitrogen and oxygen atoms in total. The molecule has 0 aliphatic heterocycles. The first kappa shape index (κ1) is 8.75. The molecule has 0 aromatic rings. The summed E-state index contributed by atoms with van der Waals surface area (Å²) < 4.78 is 12.1. The van der Waals surface area contributed by atoms with Gasteiger partial charge in [-0.3, -0.25) is 0 Å². The van der Waals surface area contributed by atoms with Crippen LogP contribution in [0.5, 0.6) is 0 Å². The third kappa shape index (κ3) is 2.91. The molecule has 0 radical (unpaired) electrons. The molecule has 0 aromatic heterocycles. The van der Waals surface area contributed by atoms with E-state index in [2.05, 4.69) is 6.58 Å². The van der Waals surface area contributed by atoms with Crippen molar-refractivity contribution in [3.8, 4) is 0 Å². The number of hydrogen-bond acceptors (Lipinski definition) is 2. The Morgan fingerprint density at radius 3 is 2.40 bits per heavy atom. The number of nitrogens with one attached hydrogen (secondary N) is 2. The average Bonchev–Trinajstić information content (AvgIpc) is 1.85. The first-order chi connectivity index (χ1) is 4.57. The van der Waals surface area contributed by atoms with Gasteiger partial charge in [-0.25, -0.2) is 4.39 Å². The lowest BCUT2D eigenvalue weighted by Gasteiger charge is -1.92. The minimum absolute atomic E-state index is 0.0602. The first-order valence-corrected chi connectivity index (χ1v) is 2.70. The highest BCUT2D eigenvalue weighted by Crippen LogP contribution is 1.97. The predicted octanol–water partition coefficient (Wildman–Crippen LogP) is 2.09. The molecule has 0 aliphatic carbocycles. The van der Waals surface area contributed by atoms with E-state index in [1.54, 1.807) is 0 Å². The summed E-state index contributed by atoms with van der Waals surface area (Å²) in [5.41, 5.74) is 0.145. The zero-order chi connectivity index (χ0) is 8.15. The number of halogens is 1. The first-order valence-electron chi connectivity index (χ1n) is 2.70. The van der Waals surface area contributed by atoms with Gasteiger partial charge in [0, 0.05) is 11.8 Å². The van der Waals surface area contributed by atoms with Crippen LogP contribution in [0.25, 0.3) is 0 Å². The quantitative estimate of drug-likeness (QED) is 0.564. The van der Waals surface area contributed by atoms with E-state index >= 15 is 0 Å². The van der Waals surface area contributed by atoms with Gasteiger partial charge in [-0.1, -0.05) is 6.58 Å². The molecule has 10 heavy (non-hydrogen) atoms. The van der Waals surface area contributed by atoms with Gasteiger partial charge in [-0.2, -0.15) is 0 Å². The molecule has 0 aromatic carbocycles. The molecule has 0 fully saturated rings. The highest BCUT2D eigenvalue weighted by molar-refractivity contribution is 6.18. The molecule has 0 amide bonds. The molecule has 0 bridgehead atoms. The van der Waals surface area contributed by atoms with Crippen LogP contribution in [0, 0.1) is 10.8 Å². The second-order valence-corrected chi connectivity index (χ2v) is 1.81. The van der Waals surface area contributed by atoms with Crippen LogP contribution in [-0.2, 0) is 0 Å². The maximum absolute atomic E-state index is 12.1. The van der Waals surface area contributed by atoms with Crippen LogP contribution in [0.3, 0.4) is 0 Å². The fourth-order valence-corrected chi connectivity index (χ4v) is 0.369. The normalized spacial score (nSPS) is 10.8. The minimum Gasteiger partial charge on any atom is -0.308 e. The highest BCUT2D eigenvalue weighted by Gasteiger charge is 1.94. The zero-order valence-corrected chi connectivity index (χ0v) is 5.74. The van der Waals surface area contributed by atoms with Crippen molar-refractivity contribution in [3.63, 3.8) is 0 Å². The monoisotopic (exact) mass is 140 g/mol. The van der Waals surface area contributed by atoms with Crippen molar-refractivity contribution in [3.05, 3.63) is 24.1 Å². The van der Waals surface area contributed by atoms with E-state index in [9.17, 15) is 4.39 Å². The van der Waals surface area contributed by atoms with Crippen molar-refractivity contribution in [1.82, 2.24) is 0 Å². The molecule has 0 aliphatic rings. The van der Waals surface area contributed by atoms with E-state index in [1.807, 2.05) is 0 Å². The molecule has 54 valence electrons. The van der Waals surface area contributed by atoms with Gasteiger partial charge in [0.1, 0.15) is 0 Å². The Morgan fingerprint density at radius 2 is 2.10 bits per heavy atom. The number of allylic oxidation sites excluding steroid dienone is 3. The van der Waals surface area contributed by atoms with Crippen molar-refractivity contribution in [2.45, 2.75) is 6.92 Å². The van der Waals surface area contributed by atoms with Crippen molar-refractivity contribution >= 4 is 11.9 Å². The van der Waals surface area contributed by atoms with Crippen molar-refractivity contribution < 1.29 is 4.39 Å². The Balaban J connectivity index is 4.25. The Morgan fingerprint density at radius 1 is 1.60 bits per heavy atom. The summed E-state index contributed by atoms with van der Waals surface area (Å²) in [5, 5.41) is 13.7. The lowest BCUT2D eigenvalue weighted by molar-refractivity contribution is 0.642. The summed E-state index contributed by atoms with van der Waals surface area (Å²) in [6.07, 6.45) is 1.94. The third-order valence-electron chi connectivity index (χ3n) is 0.863. The SMILES string of the molecule is C=C(C=N)C(=N)/C=C(\C)F. The largest absolute Gasteiger partial charge is 0.308 e. The van der Waals surface area contributed by atoms with Crippen molar-refractivity contribution in [2.75, 3.05) is 0 Å². The maximum Gasteiger partial charge on any atom is 0.0990 e. The molecule has 0 saturated heterocycles. The molecule has 0 rings (SSSR count). The third-order valence-corrected chi connectivity index (χ3v) is 0.863. The Kier molecular flexibility index (Phi) is 3.25. The van der Waals surface area contributed by atoms with Crippen LogP contribution in [0.2, 0.25) is 0 Å². The smallest absolute Gasteiger partial charge is 0.0990 e. The maximum atomic E-state index is 12.1. The summed E-state index contributed by atoms with van der Waals surface area (Å²) in [6, 6.07) is 0. The van der Waals surface area contributed by atoms with E-state index in [0.717, 1.165) is 12.3 Å². The Bertz CT molecular complexity index is 200. The number of rotatable bonds is 3. The van der Waals surface area contributed by atoms with Crippen LogP contribution in [0.1, 0.15) is 6.92 Å². The van der Waals surface area contributed by atoms with Crippen LogP contribution in [-0.4, -0.2) is 11.9 Å². The molecule has 3 heteroatoms. The summed E-state index contributed by atoms with van der Waals surface area (Å²) in [5.74, 6) is -0.451. The van der Waals surface area contributed by atoms with Gasteiger partial charge in [0.2, 0.25) is 0 Å². The van der Waals surface area contributed by atoms with E-state index in [-0.39, 0.29) is 11.3 Å². The van der Waals surface area contributed by atoms with Crippen LogP contribution >= 0.6 is 0 Å². The van der Waals surface area contributed by atoms with Gasteiger partial charge in [-0.05, 0) is 13.0 Å². The fourth-order valence-electron chi connectivity index (χ4n) is 0.369. The van der Waals surface area contributed by atoms with E-state index in [1.165, 1.54) is 6.92 Å². The van der Waals surface area contributed by atoms with Gasteiger partial charge >= 0.3 is 0 Å². The van der Waals surface area contributed by atoms with E-state index in [0.29, 0.717) is 0 Å². The molecule has 0 saturated carbocycles. The van der Waals surface area contributed by atoms with E-state index in [4.69, 9.17) is 10.8 Å². The van der Waals surface area contributed by atoms with E-state index < -0.39 is 5.83 Å². The molecular formula is C7H9FN2. The lowest BCUT2D eigenvalue weighted by Crippen LogP contribution is -1.96. The van der Waals surface area contributed by atoms with Crippen molar-refractivity contribution in [2.24, 2.45) is 0 Å². The molecule has 0 spiro atoms. The van der Waals surface area contributed by atoms with Gasteiger partial charge in [0.15, 0.2) is 0 Å². The van der Waals surface area contributed by atoms with Crippen LogP contribution in [0.15, 0.2) is 24.1 Å². The molecule has 2 N–H and O–H groups in total. The van der Waals surface area contributed by atoms with Gasteiger partial charge in [0.05, 0.1) is 11.5 Å². The topological polar surface area (TPSA) is 47.7 Å². The van der Waals surface area contributed by atoms with Crippen molar-refractivity contribution in [1.29, 1.82) is 10.8 Å². The minimum atomic E-state index is -0.451. The lowest BCUT2D eigenvalue weighted by atomic mass is 10.2. The van der Waals surface area contributed by atoms with Gasteiger partial charge in [0.25, 0.3) is 0 Å². The molecule has 0 atom stereocenters. The summed E-state index contributed by atoms with van der Waals surface area (Å²) in [7, 11) is 0. The predicted molar refractivity (Wildman–Crippen MR) is 40.5 cm³/mol. The second kappa shape index (κ2) is 3.71. The standard InChI is InChI=1S/C7H9FN2/c1-5(4-9)7(10)3-6(2)8/h3-4,9-10H,1H2,2H3/b6-3+,9-4?,10-7?. The number of hydrogen-bond donors (Lipinski definition) is 2. The average molecular weight is 140 g/mol. The summed E-state index contributed by atoms with van der Waals surface area (Å²) in [6.45, 7) is 4.59. The molecule has 0 heterocycles. The fraction of sp³-hybridized carbons (Fsp3) is 0.143. The van der Waals surface area contributed by atoms with Crippen LogP contribution < -0.4 is 0 Å². The summed E-state index contributed by atoms with van der Waals surface area (Å²) in [4.78, 5) is 0. The Labute approximate surface area is 59.1 Å². The van der Waals surface area contributed by atoms with Gasteiger partial charge < -0.3 is 10.8 Å². The molecular weight excluding hydrogens is 131 g/mol. The van der Waals surface area contributed by atoms with Crippen LogP contribution in [0.4, 0.5) is 4.39 Å². The second-order valence-electron chi connectivity index (χ2n) is 1.81. The molecule has 0 unspecified atom stereocenters. The van der Waals surface area contributed by atoms with Gasteiger partial charge in [-0.15, -0.1) is 0 Å². The summed E-state index contributed by atoms with van der Waals surface area (Å²) >= 11 is 0. The zero-order valence-electron chi connectivity index (χ0n) is 5.74.